The number of carbonyl (C=O) groups excluding carboxylic acids is 2. The maximum Gasteiger partial charge on any atom is 0.286 e. The zero-order valence-corrected chi connectivity index (χ0v) is 16.1. The number of imide groups is 1. The number of hydrogen-bond donors (Lipinski definition) is 2. The Hall–Kier alpha value is -2.58. The number of aromatic nitrogens is 1. The van der Waals surface area contributed by atoms with E-state index in [1.54, 1.807) is 6.20 Å². The lowest BCUT2D eigenvalue weighted by molar-refractivity contribution is -0.118. The number of likely N-dealkylation sites (N-methyl/N-ethyl adjacent to an activating group) is 1. The minimum absolute atomic E-state index is 0.215. The second-order valence-electron chi connectivity index (χ2n) is 5.69. The van der Waals surface area contributed by atoms with Crippen molar-refractivity contribution in [3.8, 4) is 5.75 Å². The number of hydrogen-bond acceptors (Lipinski definition) is 7. The van der Waals surface area contributed by atoms with E-state index in [1.165, 1.54) is 0 Å². The van der Waals surface area contributed by atoms with Crippen LogP contribution < -0.4 is 15.0 Å². The largest absolute Gasteiger partial charge is 0.492 e. The van der Waals surface area contributed by atoms with E-state index in [-0.39, 0.29) is 16.4 Å². The minimum Gasteiger partial charge on any atom is -0.492 e. The van der Waals surface area contributed by atoms with Crippen LogP contribution in [0.5, 0.6) is 5.75 Å². The van der Waals surface area contributed by atoms with Gasteiger partial charge in [0.1, 0.15) is 18.2 Å². The van der Waals surface area contributed by atoms with Crippen LogP contribution in [0.15, 0.2) is 48.7 Å². The smallest absolute Gasteiger partial charge is 0.286 e. The number of nitrogens with one attached hydrogen (secondary N) is 1. The third-order valence-electron chi connectivity index (χ3n) is 3.85. The zero-order chi connectivity index (χ0) is 19.6. The molecule has 2 N–H and O–H groups in total. The van der Waals surface area contributed by atoms with Gasteiger partial charge in [-0.2, -0.15) is 0 Å². The second-order valence-corrected chi connectivity index (χ2v) is 6.86. The van der Waals surface area contributed by atoms with Gasteiger partial charge in [-0.1, -0.05) is 30.0 Å². The summed E-state index contributed by atoms with van der Waals surface area (Å²) in [5.74, 6) is 1.47. The third-order valence-corrected chi connectivity index (χ3v) is 4.83. The molecule has 8 heteroatoms. The summed E-state index contributed by atoms with van der Waals surface area (Å²) in [4.78, 5) is 29.1. The van der Waals surface area contributed by atoms with Gasteiger partial charge in [-0.05, 0) is 36.2 Å². The minimum atomic E-state index is -0.341. The van der Waals surface area contributed by atoms with Crippen LogP contribution in [-0.4, -0.2) is 53.8 Å². The van der Waals surface area contributed by atoms with Crippen molar-refractivity contribution in [3.05, 3.63) is 54.2 Å². The topological polar surface area (TPSA) is 91.8 Å². The summed E-state index contributed by atoms with van der Waals surface area (Å²) < 4.78 is 5.75. The average Bonchev–Trinajstić information content (AvgIpc) is 3.02. The fraction of sp³-hybridized carbons (Fsp3) is 0.316. The monoisotopic (exact) mass is 389 g/mol. The molecule has 1 unspecified atom stereocenters. The lowest BCUT2D eigenvalue weighted by Crippen LogP contribution is -2.25. The number of aliphatic hydroxyl groups is 1. The second kappa shape index (κ2) is 10.5. The summed E-state index contributed by atoms with van der Waals surface area (Å²) in [5.41, 5.74) is 1.00. The van der Waals surface area contributed by atoms with Gasteiger partial charge in [-0.25, -0.2) is 4.98 Å². The van der Waals surface area contributed by atoms with Gasteiger partial charge in [-0.15, -0.1) is 0 Å². The van der Waals surface area contributed by atoms with E-state index >= 15 is 0 Å². The SMILES string of the molecule is CN(CCOc1ccc(CC2SC(=O)NC2=O)cc1)c1ccccn1.CO. The maximum absolute atomic E-state index is 11.6. The molecule has 0 saturated carbocycles. The summed E-state index contributed by atoms with van der Waals surface area (Å²) >= 11 is 1.05. The molecule has 0 spiro atoms. The molecule has 1 aliphatic rings. The van der Waals surface area contributed by atoms with E-state index in [0.29, 0.717) is 13.0 Å². The van der Waals surface area contributed by atoms with Crippen LogP contribution in [-0.2, 0) is 11.2 Å². The summed E-state index contributed by atoms with van der Waals surface area (Å²) in [7, 11) is 2.97. The Morgan fingerprint density at radius 2 is 1.93 bits per heavy atom. The quantitative estimate of drug-likeness (QED) is 0.749. The van der Waals surface area contributed by atoms with Crippen LogP contribution in [0.1, 0.15) is 5.56 Å². The predicted molar refractivity (Wildman–Crippen MR) is 106 cm³/mol. The van der Waals surface area contributed by atoms with Crippen molar-refractivity contribution in [1.29, 1.82) is 0 Å². The molecule has 1 saturated heterocycles. The first-order valence-corrected chi connectivity index (χ1v) is 9.30. The predicted octanol–water partition coefficient (Wildman–Crippen LogP) is 2.10. The van der Waals surface area contributed by atoms with Gasteiger partial charge in [0.15, 0.2) is 0 Å². The highest BCUT2D eigenvalue weighted by Crippen LogP contribution is 2.23. The Morgan fingerprint density at radius 1 is 1.19 bits per heavy atom. The van der Waals surface area contributed by atoms with Gasteiger partial charge in [0.05, 0.1) is 11.8 Å². The van der Waals surface area contributed by atoms with Crippen molar-refractivity contribution < 1.29 is 19.4 Å². The summed E-state index contributed by atoms with van der Waals surface area (Å²) in [6.45, 7) is 1.27. The number of nitrogens with zero attached hydrogens (tertiary/aromatic N) is 2. The Bertz CT molecular complexity index is 740. The molecule has 1 aromatic carbocycles. The zero-order valence-electron chi connectivity index (χ0n) is 15.3. The van der Waals surface area contributed by atoms with E-state index in [2.05, 4.69) is 10.3 Å². The molecule has 144 valence electrons. The summed E-state index contributed by atoms with van der Waals surface area (Å²) in [5, 5.41) is 8.69. The molecule has 2 amide bonds. The highest BCUT2D eigenvalue weighted by atomic mass is 32.2. The number of aliphatic hydroxyl groups excluding tert-OH is 1. The van der Waals surface area contributed by atoms with Crippen LogP contribution >= 0.6 is 11.8 Å². The van der Waals surface area contributed by atoms with Crippen LogP contribution in [0.2, 0.25) is 0 Å². The molecule has 0 aliphatic carbocycles. The molecule has 1 aromatic heterocycles. The fourth-order valence-corrected chi connectivity index (χ4v) is 3.32. The van der Waals surface area contributed by atoms with Crippen molar-refractivity contribution in [2.24, 2.45) is 0 Å². The molecule has 0 bridgehead atoms. The standard InChI is InChI=1S/C18H19N3O3S.CH4O/c1-21(16-4-2-3-9-19-16)10-11-24-14-7-5-13(6-8-14)12-15-17(22)20-18(23)25-15;1-2/h2-9,15H,10-12H2,1H3,(H,20,22,23);2H,1H3. The van der Waals surface area contributed by atoms with Gasteiger partial charge in [-0.3, -0.25) is 14.9 Å². The van der Waals surface area contributed by atoms with E-state index in [1.807, 2.05) is 54.4 Å². The van der Waals surface area contributed by atoms with Gasteiger partial charge in [0, 0.05) is 20.4 Å². The van der Waals surface area contributed by atoms with Crippen molar-refractivity contribution in [2.75, 3.05) is 32.2 Å². The lowest BCUT2D eigenvalue weighted by Gasteiger charge is -2.18. The normalized spacial score (nSPS) is 15.6. The first kappa shape index (κ1) is 20.7. The Morgan fingerprint density at radius 3 is 2.52 bits per heavy atom. The molecule has 7 nitrogen and oxygen atoms in total. The van der Waals surface area contributed by atoms with Crippen molar-refractivity contribution in [3.63, 3.8) is 0 Å². The average molecular weight is 389 g/mol. The molecular weight excluding hydrogens is 366 g/mol. The number of rotatable bonds is 7. The first-order valence-electron chi connectivity index (χ1n) is 8.42. The Balaban J connectivity index is 0.00000126. The molecule has 0 radical (unpaired) electrons. The van der Waals surface area contributed by atoms with Crippen LogP contribution in [0.25, 0.3) is 0 Å². The van der Waals surface area contributed by atoms with E-state index in [4.69, 9.17) is 9.84 Å². The van der Waals surface area contributed by atoms with E-state index in [9.17, 15) is 9.59 Å². The molecule has 1 fully saturated rings. The van der Waals surface area contributed by atoms with Crippen molar-refractivity contribution in [1.82, 2.24) is 10.3 Å². The molecule has 1 aliphatic heterocycles. The fourth-order valence-electron chi connectivity index (χ4n) is 2.46. The molecular formula is C19H23N3O4S. The van der Waals surface area contributed by atoms with E-state index < -0.39 is 0 Å². The number of ether oxygens (including phenoxy) is 1. The summed E-state index contributed by atoms with van der Waals surface area (Å²) in [6, 6.07) is 13.4. The maximum atomic E-state index is 11.6. The molecule has 2 aromatic rings. The van der Waals surface area contributed by atoms with Gasteiger partial charge >= 0.3 is 0 Å². The molecule has 27 heavy (non-hydrogen) atoms. The van der Waals surface area contributed by atoms with Gasteiger partial charge in [0.2, 0.25) is 5.91 Å². The van der Waals surface area contributed by atoms with Crippen LogP contribution in [0, 0.1) is 0 Å². The molecule has 1 atom stereocenters. The summed E-state index contributed by atoms with van der Waals surface area (Å²) in [6.07, 6.45) is 2.30. The van der Waals surface area contributed by atoms with E-state index in [0.717, 1.165) is 42.5 Å². The third kappa shape index (κ3) is 6.26. The molecule has 2 heterocycles. The van der Waals surface area contributed by atoms with Crippen molar-refractivity contribution in [2.45, 2.75) is 11.7 Å². The van der Waals surface area contributed by atoms with Gasteiger partial charge < -0.3 is 14.7 Å². The lowest BCUT2D eigenvalue weighted by atomic mass is 10.1. The van der Waals surface area contributed by atoms with Crippen LogP contribution in [0.3, 0.4) is 0 Å². The van der Waals surface area contributed by atoms with Crippen molar-refractivity contribution >= 4 is 28.7 Å². The number of pyridine rings is 1. The molecule has 3 rings (SSSR count). The highest BCUT2D eigenvalue weighted by molar-refractivity contribution is 8.15. The number of thioether (sulfide) groups is 1. The Labute approximate surface area is 162 Å². The number of carbonyl (C=O) groups is 2. The number of amides is 2. The number of anilines is 1. The van der Waals surface area contributed by atoms with Crippen LogP contribution in [0.4, 0.5) is 10.6 Å². The Kier molecular flexibility index (Phi) is 8.09. The highest BCUT2D eigenvalue weighted by Gasteiger charge is 2.31. The first-order chi connectivity index (χ1) is 13.1. The number of benzene rings is 1. The van der Waals surface area contributed by atoms with Gasteiger partial charge in [0.25, 0.3) is 5.24 Å².